The molecule has 2 amide bonds. The molecule has 8 heteroatoms. The second-order valence-corrected chi connectivity index (χ2v) is 7.50. The third-order valence-corrected chi connectivity index (χ3v) is 5.47. The minimum Gasteiger partial charge on any atom is -0.477 e. The number of fused-ring (bicyclic) bond motifs is 1. The summed E-state index contributed by atoms with van der Waals surface area (Å²) in [5.74, 6) is 2.29. The van der Waals surface area contributed by atoms with Gasteiger partial charge in [0, 0.05) is 24.3 Å². The number of anilines is 2. The molecule has 0 saturated carbocycles. The summed E-state index contributed by atoms with van der Waals surface area (Å²) in [5.41, 5.74) is 2.70. The van der Waals surface area contributed by atoms with Crippen molar-refractivity contribution in [2.24, 2.45) is 0 Å². The summed E-state index contributed by atoms with van der Waals surface area (Å²) in [6, 6.07) is 7.65. The summed E-state index contributed by atoms with van der Waals surface area (Å²) in [6.45, 7) is 7.55. The summed E-state index contributed by atoms with van der Waals surface area (Å²) in [4.78, 5) is 23.8. The van der Waals surface area contributed by atoms with Gasteiger partial charge in [-0.05, 0) is 50.5 Å². The lowest BCUT2D eigenvalue weighted by atomic mass is 10.1. The number of rotatable bonds is 5. The van der Waals surface area contributed by atoms with Gasteiger partial charge in [0.05, 0.1) is 31.4 Å². The molecule has 1 saturated heterocycles. The van der Waals surface area contributed by atoms with E-state index >= 15 is 0 Å². The maximum Gasteiger partial charge on any atom is 0.319 e. The van der Waals surface area contributed by atoms with E-state index in [4.69, 9.17) is 19.4 Å². The zero-order chi connectivity index (χ0) is 20.9. The smallest absolute Gasteiger partial charge is 0.319 e. The molecule has 3 heterocycles. The summed E-state index contributed by atoms with van der Waals surface area (Å²) in [5, 5.41) is 5.53. The lowest BCUT2D eigenvalue weighted by molar-refractivity contribution is 0.0923. The maximum atomic E-state index is 11.7. The van der Waals surface area contributed by atoms with Crippen molar-refractivity contribution < 1.29 is 14.3 Å². The van der Waals surface area contributed by atoms with Gasteiger partial charge in [-0.25, -0.2) is 9.78 Å². The van der Waals surface area contributed by atoms with Gasteiger partial charge in [-0.2, -0.15) is 4.98 Å². The zero-order valence-corrected chi connectivity index (χ0v) is 17.6. The van der Waals surface area contributed by atoms with Gasteiger partial charge in [0.25, 0.3) is 0 Å². The van der Waals surface area contributed by atoms with E-state index in [1.807, 2.05) is 31.2 Å². The molecule has 1 atom stereocenters. The number of aromatic nitrogens is 2. The Kier molecular flexibility index (Phi) is 6.32. The molecule has 1 fully saturated rings. The lowest BCUT2D eigenvalue weighted by Gasteiger charge is -2.37. The van der Waals surface area contributed by atoms with Crippen molar-refractivity contribution in [1.82, 2.24) is 15.3 Å². The van der Waals surface area contributed by atoms with Crippen molar-refractivity contribution in [3.05, 3.63) is 29.8 Å². The Morgan fingerprint density at radius 1 is 1.20 bits per heavy atom. The molecule has 30 heavy (non-hydrogen) atoms. The number of ether oxygens (including phenoxy) is 2. The SMILES string of the molecule is CCNC(=O)Nc1ccc(-c2nc3c(c(N4CCOC[C@@H]4CC)n2)CCCO3)cc1. The topological polar surface area (TPSA) is 88.6 Å². The molecule has 0 bridgehead atoms. The Labute approximate surface area is 177 Å². The quantitative estimate of drug-likeness (QED) is 0.785. The minimum absolute atomic E-state index is 0.219. The van der Waals surface area contributed by atoms with Crippen molar-refractivity contribution in [2.45, 2.75) is 39.2 Å². The van der Waals surface area contributed by atoms with Gasteiger partial charge in [-0.3, -0.25) is 0 Å². The zero-order valence-electron chi connectivity index (χ0n) is 17.6. The Morgan fingerprint density at radius 3 is 2.80 bits per heavy atom. The van der Waals surface area contributed by atoms with Gasteiger partial charge in [0.15, 0.2) is 5.82 Å². The number of hydrogen-bond acceptors (Lipinski definition) is 6. The van der Waals surface area contributed by atoms with E-state index in [0.717, 1.165) is 48.4 Å². The summed E-state index contributed by atoms with van der Waals surface area (Å²) < 4.78 is 11.6. The van der Waals surface area contributed by atoms with Gasteiger partial charge in [-0.1, -0.05) is 6.92 Å². The Bertz CT molecular complexity index is 887. The molecule has 1 aromatic heterocycles. The largest absolute Gasteiger partial charge is 0.477 e. The van der Waals surface area contributed by atoms with Crippen LogP contribution in [0.2, 0.25) is 0 Å². The number of carbonyl (C=O) groups excluding carboxylic acids is 1. The fourth-order valence-corrected chi connectivity index (χ4v) is 3.89. The molecule has 0 aliphatic carbocycles. The average Bonchev–Trinajstić information content (AvgIpc) is 2.79. The van der Waals surface area contributed by atoms with Gasteiger partial charge in [0.2, 0.25) is 5.88 Å². The molecule has 0 spiro atoms. The number of urea groups is 1. The van der Waals surface area contributed by atoms with Crippen LogP contribution in [-0.4, -0.2) is 55.0 Å². The van der Waals surface area contributed by atoms with Crippen LogP contribution in [0.1, 0.15) is 32.3 Å². The van der Waals surface area contributed by atoms with Crippen LogP contribution in [0.3, 0.4) is 0 Å². The number of hydrogen-bond donors (Lipinski definition) is 2. The van der Waals surface area contributed by atoms with Crippen molar-refractivity contribution in [2.75, 3.05) is 43.1 Å². The Hall–Kier alpha value is -2.87. The molecule has 0 radical (unpaired) electrons. The molecule has 4 rings (SSSR count). The van der Waals surface area contributed by atoms with Crippen molar-refractivity contribution in [3.63, 3.8) is 0 Å². The van der Waals surface area contributed by atoms with E-state index in [-0.39, 0.29) is 6.03 Å². The average molecular weight is 412 g/mol. The van der Waals surface area contributed by atoms with E-state index in [1.165, 1.54) is 0 Å². The summed E-state index contributed by atoms with van der Waals surface area (Å²) in [6.07, 6.45) is 2.90. The number of benzene rings is 1. The second kappa shape index (κ2) is 9.30. The Balaban J connectivity index is 1.66. The fourth-order valence-electron chi connectivity index (χ4n) is 3.89. The molecule has 1 aromatic carbocycles. The van der Waals surface area contributed by atoms with Crippen LogP contribution < -0.4 is 20.3 Å². The first-order valence-corrected chi connectivity index (χ1v) is 10.7. The first-order chi connectivity index (χ1) is 14.7. The Morgan fingerprint density at radius 2 is 2.03 bits per heavy atom. The van der Waals surface area contributed by atoms with Crippen LogP contribution in [0.4, 0.5) is 16.3 Å². The standard InChI is InChI=1S/C22H29N5O3/c1-3-17-14-29-13-11-27(17)20-18-6-5-12-30-21(18)26-19(25-20)15-7-9-16(10-8-15)24-22(28)23-4-2/h7-10,17H,3-6,11-14H2,1-2H3,(H2,23,24,28)/t17-/m0/s1. The predicted molar refractivity (Wildman–Crippen MR) is 116 cm³/mol. The van der Waals surface area contributed by atoms with Crippen LogP contribution >= 0.6 is 0 Å². The van der Waals surface area contributed by atoms with E-state index in [9.17, 15) is 4.79 Å². The highest BCUT2D eigenvalue weighted by atomic mass is 16.5. The monoisotopic (exact) mass is 411 g/mol. The molecule has 2 aliphatic heterocycles. The van der Waals surface area contributed by atoms with Crippen LogP contribution in [0.5, 0.6) is 5.88 Å². The lowest BCUT2D eigenvalue weighted by Crippen LogP contribution is -2.46. The molecule has 0 unspecified atom stereocenters. The van der Waals surface area contributed by atoms with Gasteiger partial charge in [-0.15, -0.1) is 0 Å². The number of nitrogens with zero attached hydrogens (tertiary/aromatic N) is 3. The number of carbonyl (C=O) groups is 1. The molecule has 8 nitrogen and oxygen atoms in total. The number of nitrogens with one attached hydrogen (secondary N) is 2. The third kappa shape index (κ3) is 4.33. The third-order valence-electron chi connectivity index (χ3n) is 5.47. The molecular weight excluding hydrogens is 382 g/mol. The second-order valence-electron chi connectivity index (χ2n) is 7.50. The number of morpholine rings is 1. The van der Waals surface area contributed by atoms with E-state index in [2.05, 4.69) is 22.5 Å². The highest BCUT2D eigenvalue weighted by Gasteiger charge is 2.29. The van der Waals surface area contributed by atoms with Crippen LogP contribution in [0.25, 0.3) is 11.4 Å². The normalized spacial score (nSPS) is 18.3. The van der Waals surface area contributed by atoms with Crippen LogP contribution in [0.15, 0.2) is 24.3 Å². The van der Waals surface area contributed by atoms with Crippen LogP contribution in [0, 0.1) is 0 Å². The van der Waals surface area contributed by atoms with Crippen molar-refractivity contribution in [3.8, 4) is 17.3 Å². The highest BCUT2D eigenvalue weighted by Crippen LogP contribution is 2.35. The predicted octanol–water partition coefficient (Wildman–Crippen LogP) is 3.23. The highest BCUT2D eigenvalue weighted by molar-refractivity contribution is 5.89. The van der Waals surface area contributed by atoms with Gasteiger partial charge in [0.1, 0.15) is 5.82 Å². The molecular formula is C22H29N5O3. The fraction of sp³-hybridized carbons (Fsp3) is 0.500. The van der Waals surface area contributed by atoms with Crippen molar-refractivity contribution >= 4 is 17.5 Å². The van der Waals surface area contributed by atoms with Crippen LogP contribution in [-0.2, 0) is 11.2 Å². The van der Waals surface area contributed by atoms with Gasteiger partial charge < -0.3 is 25.0 Å². The summed E-state index contributed by atoms with van der Waals surface area (Å²) >= 11 is 0. The maximum absolute atomic E-state index is 11.7. The first kappa shape index (κ1) is 20.4. The molecule has 160 valence electrons. The molecule has 2 aliphatic rings. The van der Waals surface area contributed by atoms with Gasteiger partial charge >= 0.3 is 6.03 Å². The van der Waals surface area contributed by atoms with E-state index in [1.54, 1.807) is 0 Å². The number of amides is 2. The summed E-state index contributed by atoms with van der Waals surface area (Å²) in [7, 11) is 0. The van der Waals surface area contributed by atoms with E-state index in [0.29, 0.717) is 44.1 Å². The molecule has 2 N–H and O–H groups in total. The van der Waals surface area contributed by atoms with E-state index < -0.39 is 0 Å². The minimum atomic E-state index is -0.219. The first-order valence-electron chi connectivity index (χ1n) is 10.7. The van der Waals surface area contributed by atoms with Crippen molar-refractivity contribution in [1.29, 1.82) is 0 Å². The molecule has 2 aromatic rings.